The summed E-state index contributed by atoms with van der Waals surface area (Å²) in [6, 6.07) is 12.3. The molecule has 0 fully saturated rings. The standard InChI is InChI=1S/C20H21NO5/c1-24-19-11-14(7-9-18(19)26-13-20(23)25-2)6-8-17(22)16-5-3-4-15(10-16)12-21/h3-11H,12-13,21H2,1-2H3/b8-6+. The molecule has 6 nitrogen and oxygen atoms in total. The lowest BCUT2D eigenvalue weighted by Crippen LogP contribution is -2.12. The van der Waals surface area contributed by atoms with Gasteiger partial charge in [-0.05, 0) is 35.4 Å². The Morgan fingerprint density at radius 1 is 1.08 bits per heavy atom. The molecule has 0 atom stereocenters. The van der Waals surface area contributed by atoms with Gasteiger partial charge in [0.05, 0.1) is 14.2 Å². The zero-order valence-corrected chi connectivity index (χ0v) is 14.7. The number of ether oxygens (including phenoxy) is 3. The highest BCUT2D eigenvalue weighted by molar-refractivity contribution is 6.06. The number of ketones is 1. The van der Waals surface area contributed by atoms with Gasteiger partial charge in [-0.1, -0.05) is 30.3 Å². The van der Waals surface area contributed by atoms with Crippen LogP contribution < -0.4 is 15.2 Å². The van der Waals surface area contributed by atoms with Crippen LogP contribution in [-0.2, 0) is 16.1 Å². The quantitative estimate of drug-likeness (QED) is 0.445. The van der Waals surface area contributed by atoms with Gasteiger partial charge in [0, 0.05) is 12.1 Å². The van der Waals surface area contributed by atoms with Gasteiger partial charge in [0.2, 0.25) is 0 Å². The van der Waals surface area contributed by atoms with Gasteiger partial charge in [-0.25, -0.2) is 4.79 Å². The molecule has 2 aromatic carbocycles. The fraction of sp³-hybridized carbons (Fsp3) is 0.200. The summed E-state index contributed by atoms with van der Waals surface area (Å²) >= 11 is 0. The van der Waals surface area contributed by atoms with E-state index in [0.717, 1.165) is 11.1 Å². The Balaban J connectivity index is 2.12. The summed E-state index contributed by atoms with van der Waals surface area (Å²) < 4.78 is 15.1. The second kappa shape index (κ2) is 9.39. The molecule has 0 aliphatic rings. The van der Waals surface area contributed by atoms with E-state index in [9.17, 15) is 9.59 Å². The van der Waals surface area contributed by atoms with Crippen molar-refractivity contribution < 1.29 is 23.8 Å². The fourth-order valence-corrected chi connectivity index (χ4v) is 2.22. The molecule has 0 radical (unpaired) electrons. The SMILES string of the molecule is COC(=O)COc1ccc(/C=C/C(=O)c2cccc(CN)c2)cc1OC. The highest BCUT2D eigenvalue weighted by Crippen LogP contribution is 2.28. The number of esters is 1. The number of hydrogen-bond acceptors (Lipinski definition) is 6. The number of rotatable bonds is 8. The van der Waals surface area contributed by atoms with Crippen molar-refractivity contribution in [2.75, 3.05) is 20.8 Å². The van der Waals surface area contributed by atoms with Crippen molar-refractivity contribution in [3.63, 3.8) is 0 Å². The first kappa shape index (κ1) is 19.2. The molecule has 0 saturated heterocycles. The van der Waals surface area contributed by atoms with E-state index < -0.39 is 5.97 Å². The third-order valence-corrected chi connectivity index (χ3v) is 3.64. The lowest BCUT2D eigenvalue weighted by molar-refractivity contribution is -0.142. The van der Waals surface area contributed by atoms with Crippen molar-refractivity contribution in [2.24, 2.45) is 5.73 Å². The second-order valence-corrected chi connectivity index (χ2v) is 5.38. The number of allylic oxidation sites excluding steroid dienone is 1. The third kappa shape index (κ3) is 5.19. The second-order valence-electron chi connectivity index (χ2n) is 5.38. The molecule has 0 aliphatic heterocycles. The fourth-order valence-electron chi connectivity index (χ4n) is 2.22. The van der Waals surface area contributed by atoms with E-state index in [0.29, 0.717) is 23.6 Å². The van der Waals surface area contributed by atoms with Gasteiger partial charge >= 0.3 is 5.97 Å². The summed E-state index contributed by atoms with van der Waals surface area (Å²) in [5, 5.41) is 0. The molecule has 26 heavy (non-hydrogen) atoms. The van der Waals surface area contributed by atoms with Crippen LogP contribution in [0.1, 0.15) is 21.5 Å². The van der Waals surface area contributed by atoms with Crippen LogP contribution >= 0.6 is 0 Å². The van der Waals surface area contributed by atoms with Crippen molar-refractivity contribution >= 4 is 17.8 Å². The summed E-state index contributed by atoms with van der Waals surface area (Å²) in [7, 11) is 2.79. The van der Waals surface area contributed by atoms with Gasteiger partial charge in [0.15, 0.2) is 23.9 Å². The van der Waals surface area contributed by atoms with Crippen molar-refractivity contribution in [1.29, 1.82) is 0 Å². The van der Waals surface area contributed by atoms with Crippen LogP contribution in [0.25, 0.3) is 6.08 Å². The summed E-state index contributed by atoms with van der Waals surface area (Å²) in [6.45, 7) is 0.174. The Morgan fingerprint density at radius 3 is 2.58 bits per heavy atom. The van der Waals surface area contributed by atoms with E-state index in [-0.39, 0.29) is 12.4 Å². The molecule has 0 unspecified atom stereocenters. The molecule has 0 saturated carbocycles. The molecule has 6 heteroatoms. The number of methoxy groups -OCH3 is 2. The van der Waals surface area contributed by atoms with Crippen LogP contribution in [0, 0.1) is 0 Å². The molecule has 0 amide bonds. The first-order chi connectivity index (χ1) is 12.6. The molecular formula is C20H21NO5. The van der Waals surface area contributed by atoms with Crippen molar-refractivity contribution in [1.82, 2.24) is 0 Å². The lowest BCUT2D eigenvalue weighted by atomic mass is 10.1. The Hall–Kier alpha value is -3.12. The van der Waals surface area contributed by atoms with Crippen LogP contribution in [-0.4, -0.2) is 32.6 Å². The highest BCUT2D eigenvalue weighted by Gasteiger charge is 2.08. The van der Waals surface area contributed by atoms with Gasteiger partial charge in [-0.15, -0.1) is 0 Å². The largest absolute Gasteiger partial charge is 0.493 e. The summed E-state index contributed by atoms with van der Waals surface area (Å²) in [5.74, 6) is 0.261. The van der Waals surface area contributed by atoms with Crippen LogP contribution in [0.15, 0.2) is 48.5 Å². The molecule has 2 rings (SSSR count). The summed E-state index contributed by atoms with van der Waals surface area (Å²) in [6.07, 6.45) is 3.17. The molecule has 0 bridgehead atoms. The molecule has 2 aromatic rings. The topological polar surface area (TPSA) is 87.9 Å². The predicted molar refractivity (Wildman–Crippen MR) is 98.2 cm³/mol. The Morgan fingerprint density at radius 2 is 1.88 bits per heavy atom. The van der Waals surface area contributed by atoms with Crippen LogP contribution in [0.3, 0.4) is 0 Å². The molecular weight excluding hydrogens is 334 g/mol. The molecule has 2 N–H and O–H groups in total. The maximum Gasteiger partial charge on any atom is 0.343 e. The maximum absolute atomic E-state index is 12.3. The van der Waals surface area contributed by atoms with Crippen LogP contribution in [0.2, 0.25) is 0 Å². The van der Waals surface area contributed by atoms with Crippen molar-refractivity contribution in [3.8, 4) is 11.5 Å². The number of benzene rings is 2. The average Bonchev–Trinajstić information content (AvgIpc) is 2.70. The lowest BCUT2D eigenvalue weighted by Gasteiger charge is -2.10. The van der Waals surface area contributed by atoms with Gasteiger partial charge < -0.3 is 19.9 Å². The van der Waals surface area contributed by atoms with Gasteiger partial charge in [0.25, 0.3) is 0 Å². The normalized spacial score (nSPS) is 10.6. The van der Waals surface area contributed by atoms with Gasteiger partial charge in [-0.3, -0.25) is 4.79 Å². The highest BCUT2D eigenvalue weighted by atomic mass is 16.6. The van der Waals surface area contributed by atoms with E-state index in [1.807, 2.05) is 6.07 Å². The van der Waals surface area contributed by atoms with Crippen LogP contribution in [0.4, 0.5) is 0 Å². The molecule has 0 heterocycles. The monoisotopic (exact) mass is 355 g/mol. The number of nitrogens with two attached hydrogens (primary N) is 1. The summed E-state index contributed by atoms with van der Waals surface area (Å²) in [4.78, 5) is 23.4. The third-order valence-electron chi connectivity index (χ3n) is 3.64. The minimum absolute atomic E-state index is 0.120. The first-order valence-electron chi connectivity index (χ1n) is 7.96. The minimum Gasteiger partial charge on any atom is -0.493 e. The van der Waals surface area contributed by atoms with Crippen molar-refractivity contribution in [2.45, 2.75) is 6.54 Å². The maximum atomic E-state index is 12.3. The number of carbonyl (C=O) groups is 2. The van der Waals surface area contributed by atoms with E-state index in [1.165, 1.54) is 20.3 Å². The minimum atomic E-state index is -0.485. The molecule has 0 spiro atoms. The Kier molecular flexibility index (Phi) is 6.93. The summed E-state index contributed by atoms with van der Waals surface area (Å²) in [5.41, 5.74) is 7.84. The first-order valence-corrected chi connectivity index (χ1v) is 7.96. The van der Waals surface area contributed by atoms with Crippen molar-refractivity contribution in [3.05, 3.63) is 65.2 Å². The number of hydrogen-bond donors (Lipinski definition) is 1. The molecule has 136 valence electrons. The van der Waals surface area contributed by atoms with Crippen LogP contribution in [0.5, 0.6) is 11.5 Å². The van der Waals surface area contributed by atoms with E-state index in [1.54, 1.807) is 42.5 Å². The van der Waals surface area contributed by atoms with E-state index in [4.69, 9.17) is 15.2 Å². The predicted octanol–water partition coefficient (Wildman–Crippen LogP) is 2.60. The Labute approximate surface area is 152 Å². The van der Waals surface area contributed by atoms with E-state index >= 15 is 0 Å². The van der Waals surface area contributed by atoms with Gasteiger partial charge in [-0.2, -0.15) is 0 Å². The zero-order valence-electron chi connectivity index (χ0n) is 14.7. The Bertz CT molecular complexity index is 814. The van der Waals surface area contributed by atoms with E-state index in [2.05, 4.69) is 4.74 Å². The zero-order chi connectivity index (χ0) is 18.9. The number of carbonyl (C=O) groups excluding carboxylic acids is 2. The molecule has 0 aromatic heterocycles. The van der Waals surface area contributed by atoms with Gasteiger partial charge in [0.1, 0.15) is 0 Å². The smallest absolute Gasteiger partial charge is 0.343 e. The molecule has 0 aliphatic carbocycles. The average molecular weight is 355 g/mol.